The van der Waals surface area contributed by atoms with E-state index in [1.54, 1.807) is 12.1 Å². The standard InChI is InChI=1S/C13H10N2O3S/c1-7-5-9-11(19-7)12(16)15-6-8(13(17)18-2)3-4-10(15)14-9/h3-6H,1-2H3. The van der Waals surface area contributed by atoms with Crippen LogP contribution in [0.25, 0.3) is 15.9 Å². The van der Waals surface area contributed by atoms with Crippen LogP contribution < -0.4 is 5.56 Å². The predicted molar refractivity (Wildman–Crippen MR) is 72.9 cm³/mol. The smallest absolute Gasteiger partial charge is 0.339 e. The van der Waals surface area contributed by atoms with E-state index in [9.17, 15) is 9.59 Å². The molecule has 5 nitrogen and oxygen atoms in total. The Kier molecular flexibility index (Phi) is 2.60. The first-order valence-electron chi connectivity index (χ1n) is 5.61. The minimum Gasteiger partial charge on any atom is -0.465 e. The number of ether oxygens (including phenoxy) is 1. The van der Waals surface area contributed by atoms with Gasteiger partial charge in [0.25, 0.3) is 5.56 Å². The van der Waals surface area contributed by atoms with E-state index in [2.05, 4.69) is 9.72 Å². The summed E-state index contributed by atoms with van der Waals surface area (Å²) < 4.78 is 6.62. The van der Waals surface area contributed by atoms with Crippen LogP contribution >= 0.6 is 11.3 Å². The third-order valence-corrected chi connectivity index (χ3v) is 3.86. The van der Waals surface area contributed by atoms with Gasteiger partial charge in [-0.05, 0) is 25.1 Å². The van der Waals surface area contributed by atoms with E-state index in [1.165, 1.54) is 29.0 Å². The maximum absolute atomic E-state index is 12.3. The molecule has 0 radical (unpaired) electrons. The molecule has 0 N–H and O–H groups in total. The van der Waals surface area contributed by atoms with Crippen molar-refractivity contribution in [3.63, 3.8) is 0 Å². The van der Waals surface area contributed by atoms with Gasteiger partial charge in [0, 0.05) is 11.1 Å². The summed E-state index contributed by atoms with van der Waals surface area (Å²) in [6.07, 6.45) is 1.46. The molecule has 3 rings (SSSR count). The van der Waals surface area contributed by atoms with Gasteiger partial charge in [-0.25, -0.2) is 9.78 Å². The summed E-state index contributed by atoms with van der Waals surface area (Å²) in [6, 6.07) is 5.12. The van der Waals surface area contributed by atoms with Gasteiger partial charge in [0.2, 0.25) is 0 Å². The molecule has 0 aliphatic rings. The molecule has 0 aromatic carbocycles. The molecule has 19 heavy (non-hydrogen) atoms. The number of carbonyl (C=O) groups is 1. The first kappa shape index (κ1) is 11.9. The Bertz CT molecular complexity index is 863. The maximum Gasteiger partial charge on any atom is 0.339 e. The Morgan fingerprint density at radius 2 is 2.21 bits per heavy atom. The number of pyridine rings is 1. The lowest BCUT2D eigenvalue weighted by Crippen LogP contribution is -2.15. The Hall–Kier alpha value is -2.21. The first-order chi connectivity index (χ1) is 9.10. The number of aryl methyl sites for hydroxylation is 1. The lowest BCUT2D eigenvalue weighted by molar-refractivity contribution is 0.0600. The zero-order valence-electron chi connectivity index (χ0n) is 10.3. The average molecular weight is 274 g/mol. The minimum absolute atomic E-state index is 0.163. The summed E-state index contributed by atoms with van der Waals surface area (Å²) in [6.45, 7) is 1.93. The molecule has 0 saturated carbocycles. The molecule has 0 atom stereocenters. The van der Waals surface area contributed by atoms with Gasteiger partial charge in [-0.2, -0.15) is 0 Å². The third kappa shape index (κ3) is 1.80. The van der Waals surface area contributed by atoms with Crippen molar-refractivity contribution >= 4 is 33.2 Å². The summed E-state index contributed by atoms with van der Waals surface area (Å²) in [5, 5.41) is 0. The summed E-state index contributed by atoms with van der Waals surface area (Å²) in [5.41, 5.74) is 1.37. The second kappa shape index (κ2) is 4.17. The zero-order chi connectivity index (χ0) is 13.6. The fourth-order valence-electron chi connectivity index (χ4n) is 1.96. The molecule has 0 aliphatic carbocycles. The quantitative estimate of drug-likeness (QED) is 0.637. The van der Waals surface area contributed by atoms with Crippen molar-refractivity contribution in [1.82, 2.24) is 9.38 Å². The van der Waals surface area contributed by atoms with E-state index in [-0.39, 0.29) is 5.56 Å². The molecule has 3 aromatic rings. The molecule has 0 aliphatic heterocycles. The van der Waals surface area contributed by atoms with E-state index < -0.39 is 5.97 Å². The third-order valence-electron chi connectivity index (χ3n) is 2.83. The monoisotopic (exact) mass is 274 g/mol. The molecule has 6 heteroatoms. The highest BCUT2D eigenvalue weighted by Gasteiger charge is 2.11. The molecular weight excluding hydrogens is 264 g/mol. The van der Waals surface area contributed by atoms with Crippen LogP contribution in [0.15, 0.2) is 29.2 Å². The minimum atomic E-state index is -0.476. The van der Waals surface area contributed by atoms with Gasteiger partial charge in [-0.15, -0.1) is 11.3 Å². The Labute approximate surface area is 112 Å². The molecule has 0 fully saturated rings. The maximum atomic E-state index is 12.3. The fourth-order valence-corrected chi connectivity index (χ4v) is 2.84. The van der Waals surface area contributed by atoms with Gasteiger partial charge >= 0.3 is 5.97 Å². The van der Waals surface area contributed by atoms with Crippen LogP contribution in [0, 0.1) is 6.92 Å². The number of hydrogen-bond donors (Lipinski definition) is 0. The lowest BCUT2D eigenvalue weighted by atomic mass is 10.3. The number of carbonyl (C=O) groups excluding carboxylic acids is 1. The van der Waals surface area contributed by atoms with E-state index in [1.807, 2.05) is 13.0 Å². The Balaban J connectivity index is 2.39. The molecular formula is C13H10N2O3S. The number of aromatic nitrogens is 2. The lowest BCUT2D eigenvalue weighted by Gasteiger charge is -2.03. The van der Waals surface area contributed by atoms with Crippen molar-refractivity contribution in [2.75, 3.05) is 7.11 Å². The number of nitrogens with zero attached hydrogens (tertiary/aromatic N) is 2. The highest BCUT2D eigenvalue weighted by atomic mass is 32.1. The molecule has 0 bridgehead atoms. The van der Waals surface area contributed by atoms with E-state index in [4.69, 9.17) is 0 Å². The zero-order valence-corrected chi connectivity index (χ0v) is 11.2. The number of methoxy groups -OCH3 is 1. The van der Waals surface area contributed by atoms with Crippen molar-refractivity contribution in [3.05, 3.63) is 45.2 Å². The van der Waals surface area contributed by atoms with Crippen molar-refractivity contribution in [2.45, 2.75) is 6.92 Å². The van der Waals surface area contributed by atoms with Crippen LogP contribution in [0.4, 0.5) is 0 Å². The van der Waals surface area contributed by atoms with Gasteiger partial charge in [-0.1, -0.05) is 0 Å². The Morgan fingerprint density at radius 1 is 1.42 bits per heavy atom. The van der Waals surface area contributed by atoms with Crippen molar-refractivity contribution in [1.29, 1.82) is 0 Å². The largest absolute Gasteiger partial charge is 0.465 e. The average Bonchev–Trinajstić information content (AvgIpc) is 2.78. The Morgan fingerprint density at radius 3 is 2.95 bits per heavy atom. The number of fused-ring (bicyclic) bond motifs is 2. The van der Waals surface area contributed by atoms with Crippen LogP contribution in [0.1, 0.15) is 15.2 Å². The summed E-state index contributed by atoms with van der Waals surface area (Å²) >= 11 is 1.40. The topological polar surface area (TPSA) is 60.7 Å². The van der Waals surface area contributed by atoms with E-state index in [0.717, 1.165) is 4.88 Å². The van der Waals surface area contributed by atoms with Crippen LogP contribution in [0.3, 0.4) is 0 Å². The second-order valence-electron chi connectivity index (χ2n) is 4.13. The first-order valence-corrected chi connectivity index (χ1v) is 6.42. The van der Waals surface area contributed by atoms with E-state index in [0.29, 0.717) is 21.4 Å². The normalized spacial score (nSPS) is 11.1. The number of esters is 1. The van der Waals surface area contributed by atoms with Gasteiger partial charge in [0.15, 0.2) is 0 Å². The second-order valence-corrected chi connectivity index (χ2v) is 5.38. The van der Waals surface area contributed by atoms with Crippen LogP contribution in [-0.2, 0) is 4.74 Å². The SMILES string of the molecule is COC(=O)c1ccc2nc3cc(C)sc3c(=O)n2c1. The van der Waals surface area contributed by atoms with Crippen LogP contribution in [0.2, 0.25) is 0 Å². The predicted octanol–water partition coefficient (Wildman–Crippen LogP) is 2.00. The molecule has 0 unspecified atom stereocenters. The number of rotatable bonds is 1. The molecule has 0 saturated heterocycles. The van der Waals surface area contributed by atoms with Gasteiger partial charge in [0.1, 0.15) is 10.3 Å². The van der Waals surface area contributed by atoms with Gasteiger partial charge in [-0.3, -0.25) is 9.20 Å². The summed E-state index contributed by atoms with van der Waals surface area (Å²) in [4.78, 5) is 29.3. The molecule has 96 valence electrons. The van der Waals surface area contributed by atoms with E-state index >= 15 is 0 Å². The van der Waals surface area contributed by atoms with Crippen LogP contribution in [-0.4, -0.2) is 22.5 Å². The van der Waals surface area contributed by atoms with Gasteiger partial charge in [0.05, 0.1) is 18.2 Å². The molecule has 3 aromatic heterocycles. The summed E-state index contributed by atoms with van der Waals surface area (Å²) in [5.74, 6) is -0.476. The molecule has 3 heterocycles. The number of thiophene rings is 1. The summed E-state index contributed by atoms with van der Waals surface area (Å²) in [7, 11) is 1.30. The molecule has 0 amide bonds. The molecule has 0 spiro atoms. The van der Waals surface area contributed by atoms with Crippen molar-refractivity contribution < 1.29 is 9.53 Å². The van der Waals surface area contributed by atoms with Crippen molar-refractivity contribution in [3.8, 4) is 0 Å². The number of hydrogen-bond acceptors (Lipinski definition) is 5. The van der Waals surface area contributed by atoms with Crippen molar-refractivity contribution in [2.24, 2.45) is 0 Å². The van der Waals surface area contributed by atoms with Crippen LogP contribution in [0.5, 0.6) is 0 Å². The fraction of sp³-hybridized carbons (Fsp3) is 0.154. The highest BCUT2D eigenvalue weighted by Crippen LogP contribution is 2.20. The van der Waals surface area contributed by atoms with Gasteiger partial charge < -0.3 is 4.74 Å². The highest BCUT2D eigenvalue weighted by molar-refractivity contribution is 7.18.